The maximum Gasteiger partial charge on any atom is 0.263 e. The lowest BCUT2D eigenvalue weighted by molar-refractivity contribution is 0.285. The van der Waals surface area contributed by atoms with Gasteiger partial charge in [0, 0.05) is 14.2 Å². The Bertz CT molecular complexity index is 743. The first kappa shape index (κ1) is 15.8. The third-order valence-electron chi connectivity index (χ3n) is 2.54. The van der Waals surface area contributed by atoms with E-state index in [4.69, 9.17) is 16.7 Å². The predicted octanol–water partition coefficient (Wildman–Crippen LogP) is 3.77. The molecule has 1 heterocycles. The Hall–Kier alpha value is -0.600. The van der Waals surface area contributed by atoms with Crippen LogP contribution in [0, 0.1) is 6.92 Å². The lowest BCUT2D eigenvalue weighted by atomic mass is 10.3. The van der Waals surface area contributed by atoms with Crippen LogP contribution in [0.25, 0.3) is 0 Å². The average Bonchev–Trinajstić information content (AvgIpc) is 2.76. The van der Waals surface area contributed by atoms with Crippen LogP contribution in [-0.2, 0) is 16.6 Å². The van der Waals surface area contributed by atoms with Crippen LogP contribution >= 0.6 is 38.9 Å². The van der Waals surface area contributed by atoms with Crippen molar-refractivity contribution in [2.24, 2.45) is 0 Å². The molecule has 0 aliphatic rings. The van der Waals surface area contributed by atoms with Gasteiger partial charge in [0.2, 0.25) is 0 Å². The Labute approximate surface area is 134 Å². The highest BCUT2D eigenvalue weighted by Gasteiger charge is 2.21. The second-order valence-electron chi connectivity index (χ2n) is 4.02. The second-order valence-corrected chi connectivity index (χ2v) is 8.34. The van der Waals surface area contributed by atoms with Crippen LogP contribution in [-0.4, -0.2) is 13.5 Å². The van der Waals surface area contributed by atoms with E-state index < -0.39 is 10.0 Å². The summed E-state index contributed by atoms with van der Waals surface area (Å²) in [6.45, 7) is 1.51. The molecule has 108 valence electrons. The molecule has 0 atom stereocenters. The van der Waals surface area contributed by atoms with Crippen molar-refractivity contribution in [2.45, 2.75) is 18.4 Å². The molecule has 0 radical (unpaired) electrons. The number of sulfonamides is 1. The zero-order valence-corrected chi connectivity index (χ0v) is 14.3. The Morgan fingerprint density at radius 1 is 1.40 bits per heavy atom. The molecule has 0 fully saturated rings. The minimum Gasteiger partial charge on any atom is -0.391 e. The number of aliphatic hydroxyl groups is 1. The minimum absolute atomic E-state index is 0.155. The van der Waals surface area contributed by atoms with Crippen molar-refractivity contribution in [2.75, 3.05) is 4.72 Å². The first-order chi connectivity index (χ1) is 9.33. The molecule has 1 aromatic heterocycles. The lowest BCUT2D eigenvalue weighted by Crippen LogP contribution is -2.13. The SMILES string of the molecule is Cc1sc(CO)cc1S(=O)(=O)Nc1cc(Br)ccc1Cl. The summed E-state index contributed by atoms with van der Waals surface area (Å²) >= 11 is 10.5. The van der Waals surface area contributed by atoms with Crippen molar-refractivity contribution in [3.05, 3.63) is 43.5 Å². The van der Waals surface area contributed by atoms with E-state index in [2.05, 4.69) is 20.7 Å². The van der Waals surface area contributed by atoms with Crippen LogP contribution in [0.15, 0.2) is 33.6 Å². The summed E-state index contributed by atoms with van der Waals surface area (Å²) in [6.07, 6.45) is 0. The van der Waals surface area contributed by atoms with Gasteiger partial charge in [-0.15, -0.1) is 11.3 Å². The second kappa shape index (κ2) is 6.03. The summed E-state index contributed by atoms with van der Waals surface area (Å²) in [4.78, 5) is 1.37. The van der Waals surface area contributed by atoms with Crippen molar-refractivity contribution in [1.82, 2.24) is 0 Å². The molecular weight excluding hydrogens is 386 g/mol. The number of halogens is 2. The molecule has 0 saturated carbocycles. The van der Waals surface area contributed by atoms with Gasteiger partial charge < -0.3 is 5.11 Å². The molecule has 0 aliphatic heterocycles. The number of anilines is 1. The Morgan fingerprint density at radius 3 is 2.70 bits per heavy atom. The van der Waals surface area contributed by atoms with Gasteiger partial charge in [-0.1, -0.05) is 27.5 Å². The van der Waals surface area contributed by atoms with Crippen molar-refractivity contribution in [3.63, 3.8) is 0 Å². The molecule has 0 bridgehead atoms. The molecule has 0 spiro atoms. The quantitative estimate of drug-likeness (QED) is 0.827. The van der Waals surface area contributed by atoms with Crippen LogP contribution in [0.2, 0.25) is 5.02 Å². The fourth-order valence-electron chi connectivity index (χ4n) is 1.64. The zero-order valence-electron chi connectivity index (χ0n) is 10.4. The molecule has 0 saturated heterocycles. The lowest BCUT2D eigenvalue weighted by Gasteiger charge is -2.09. The van der Waals surface area contributed by atoms with Crippen molar-refractivity contribution < 1.29 is 13.5 Å². The van der Waals surface area contributed by atoms with Gasteiger partial charge in [-0.05, 0) is 31.2 Å². The summed E-state index contributed by atoms with van der Waals surface area (Å²) < 4.78 is 27.9. The van der Waals surface area contributed by atoms with Gasteiger partial charge in [0.05, 0.1) is 17.3 Å². The fourth-order valence-corrected chi connectivity index (χ4v) is 4.79. The van der Waals surface area contributed by atoms with Gasteiger partial charge in [0.15, 0.2) is 0 Å². The van der Waals surface area contributed by atoms with E-state index in [-0.39, 0.29) is 11.5 Å². The van der Waals surface area contributed by atoms with Crippen molar-refractivity contribution in [3.8, 4) is 0 Å². The molecule has 0 aliphatic carbocycles. The molecular formula is C12H11BrClNO3S2. The first-order valence-electron chi connectivity index (χ1n) is 5.51. The van der Waals surface area contributed by atoms with E-state index in [1.807, 2.05) is 0 Å². The van der Waals surface area contributed by atoms with Crippen LogP contribution in [0.4, 0.5) is 5.69 Å². The fraction of sp³-hybridized carbons (Fsp3) is 0.167. The molecule has 2 rings (SSSR count). The Balaban J connectivity index is 2.40. The number of benzene rings is 1. The van der Waals surface area contributed by atoms with E-state index in [9.17, 15) is 8.42 Å². The number of hydrogen-bond donors (Lipinski definition) is 2. The average molecular weight is 397 g/mol. The molecule has 20 heavy (non-hydrogen) atoms. The predicted molar refractivity (Wildman–Crippen MR) is 84.9 cm³/mol. The van der Waals surface area contributed by atoms with Crippen LogP contribution in [0.3, 0.4) is 0 Å². The summed E-state index contributed by atoms with van der Waals surface area (Å²) in [5.41, 5.74) is 0.303. The summed E-state index contributed by atoms with van der Waals surface area (Å²) in [6, 6.07) is 6.38. The van der Waals surface area contributed by atoms with E-state index in [1.165, 1.54) is 17.4 Å². The highest BCUT2D eigenvalue weighted by molar-refractivity contribution is 9.10. The van der Waals surface area contributed by atoms with E-state index in [1.54, 1.807) is 25.1 Å². The maximum absolute atomic E-state index is 12.4. The Morgan fingerprint density at radius 2 is 2.10 bits per heavy atom. The number of hydrogen-bond acceptors (Lipinski definition) is 4. The van der Waals surface area contributed by atoms with Crippen LogP contribution in [0.1, 0.15) is 9.75 Å². The first-order valence-corrected chi connectivity index (χ1v) is 8.98. The van der Waals surface area contributed by atoms with Gasteiger partial charge >= 0.3 is 0 Å². The number of nitrogens with one attached hydrogen (secondary N) is 1. The van der Waals surface area contributed by atoms with Crippen LogP contribution in [0.5, 0.6) is 0 Å². The summed E-state index contributed by atoms with van der Waals surface area (Å²) in [5, 5.41) is 9.39. The van der Waals surface area contributed by atoms with Crippen molar-refractivity contribution >= 4 is 54.6 Å². The zero-order chi connectivity index (χ0) is 14.9. The van der Waals surface area contributed by atoms with E-state index in [0.29, 0.717) is 20.5 Å². The normalized spacial score (nSPS) is 11.6. The highest BCUT2D eigenvalue weighted by atomic mass is 79.9. The number of aliphatic hydroxyl groups excluding tert-OH is 1. The van der Waals surface area contributed by atoms with Crippen molar-refractivity contribution in [1.29, 1.82) is 0 Å². The molecule has 4 nitrogen and oxygen atoms in total. The van der Waals surface area contributed by atoms with Gasteiger partial charge in [-0.25, -0.2) is 8.42 Å². The van der Waals surface area contributed by atoms with Gasteiger partial charge in [-0.2, -0.15) is 0 Å². The molecule has 2 aromatic rings. The summed E-state index contributed by atoms with van der Waals surface area (Å²) in [7, 11) is -3.73. The number of rotatable bonds is 4. The van der Waals surface area contributed by atoms with E-state index >= 15 is 0 Å². The summed E-state index contributed by atoms with van der Waals surface area (Å²) in [5.74, 6) is 0. The maximum atomic E-state index is 12.4. The minimum atomic E-state index is -3.73. The third kappa shape index (κ3) is 3.35. The molecule has 0 amide bonds. The monoisotopic (exact) mass is 395 g/mol. The number of thiophene rings is 1. The van der Waals surface area contributed by atoms with E-state index in [0.717, 1.165) is 4.47 Å². The largest absolute Gasteiger partial charge is 0.391 e. The van der Waals surface area contributed by atoms with Crippen LogP contribution < -0.4 is 4.72 Å². The molecule has 8 heteroatoms. The number of aryl methyl sites for hydroxylation is 1. The molecule has 1 aromatic carbocycles. The molecule has 2 N–H and O–H groups in total. The highest BCUT2D eigenvalue weighted by Crippen LogP contribution is 2.31. The standard InChI is InChI=1S/C12H11BrClNO3S2/c1-7-12(5-9(6-16)19-7)20(17,18)15-11-4-8(13)2-3-10(11)14/h2-5,15-16H,6H2,1H3. The Kier molecular flexibility index (Phi) is 4.76. The van der Waals surface area contributed by atoms with Gasteiger partial charge in [-0.3, -0.25) is 4.72 Å². The van der Waals surface area contributed by atoms with Gasteiger partial charge in [0.25, 0.3) is 10.0 Å². The smallest absolute Gasteiger partial charge is 0.263 e. The third-order valence-corrected chi connectivity index (χ3v) is 6.02. The molecule has 0 unspecified atom stereocenters. The topological polar surface area (TPSA) is 66.4 Å². The van der Waals surface area contributed by atoms with Gasteiger partial charge in [0.1, 0.15) is 4.90 Å².